The first-order chi connectivity index (χ1) is 9.20. The van der Waals surface area contributed by atoms with Gasteiger partial charge in [0.2, 0.25) is 5.69 Å². The standard InChI is InChI=1S/C19H26N/c1-13-8-9-20(7)18(10-13)16-12-17(19(4,5)6)15(3)11-14(16)2/h8-12H,1-7H3/q+1. The van der Waals surface area contributed by atoms with E-state index in [4.69, 9.17) is 0 Å². The van der Waals surface area contributed by atoms with Gasteiger partial charge in [0.15, 0.2) is 6.20 Å². The zero-order valence-electron chi connectivity index (χ0n) is 13.8. The molecule has 106 valence electrons. The molecular weight excluding hydrogens is 242 g/mol. The van der Waals surface area contributed by atoms with Crippen LogP contribution in [0.1, 0.15) is 43.0 Å². The van der Waals surface area contributed by atoms with E-state index in [9.17, 15) is 0 Å². The number of benzene rings is 1. The molecule has 0 unspecified atom stereocenters. The maximum atomic E-state index is 2.37. The number of hydrogen-bond acceptors (Lipinski definition) is 0. The van der Waals surface area contributed by atoms with Crippen LogP contribution in [0.3, 0.4) is 0 Å². The predicted octanol–water partition coefficient (Wildman–Crippen LogP) is 4.40. The fraction of sp³-hybridized carbons (Fsp3) is 0.421. The lowest BCUT2D eigenvalue weighted by atomic mass is 9.81. The molecule has 1 aromatic carbocycles. The lowest BCUT2D eigenvalue weighted by Gasteiger charge is -2.23. The average molecular weight is 268 g/mol. The van der Waals surface area contributed by atoms with Gasteiger partial charge in [0.05, 0.1) is 0 Å². The van der Waals surface area contributed by atoms with Crippen LogP contribution in [-0.4, -0.2) is 0 Å². The number of pyridine rings is 1. The molecule has 0 fully saturated rings. The van der Waals surface area contributed by atoms with Gasteiger partial charge in [0.1, 0.15) is 7.05 Å². The molecule has 1 nitrogen and oxygen atoms in total. The van der Waals surface area contributed by atoms with E-state index in [1.165, 1.54) is 33.5 Å². The van der Waals surface area contributed by atoms with Crippen molar-refractivity contribution < 1.29 is 4.57 Å². The second-order valence-electron chi connectivity index (χ2n) is 6.93. The first-order valence-corrected chi connectivity index (χ1v) is 7.28. The molecule has 2 aromatic rings. The van der Waals surface area contributed by atoms with Crippen molar-refractivity contribution in [2.45, 2.75) is 47.0 Å². The van der Waals surface area contributed by atoms with Gasteiger partial charge in [-0.25, -0.2) is 4.57 Å². The van der Waals surface area contributed by atoms with Crippen molar-refractivity contribution in [2.75, 3.05) is 0 Å². The Hall–Kier alpha value is -1.63. The summed E-state index contributed by atoms with van der Waals surface area (Å²) >= 11 is 0. The first-order valence-electron chi connectivity index (χ1n) is 7.28. The van der Waals surface area contributed by atoms with Crippen LogP contribution in [-0.2, 0) is 12.5 Å². The zero-order valence-corrected chi connectivity index (χ0v) is 13.8. The summed E-state index contributed by atoms with van der Waals surface area (Å²) in [4.78, 5) is 0. The van der Waals surface area contributed by atoms with Crippen molar-refractivity contribution in [1.82, 2.24) is 0 Å². The Morgan fingerprint density at radius 3 is 2.15 bits per heavy atom. The van der Waals surface area contributed by atoms with E-state index in [-0.39, 0.29) is 5.41 Å². The van der Waals surface area contributed by atoms with E-state index in [0.29, 0.717) is 0 Å². The Morgan fingerprint density at radius 2 is 1.55 bits per heavy atom. The zero-order chi connectivity index (χ0) is 15.1. The number of rotatable bonds is 1. The average Bonchev–Trinajstić information content (AvgIpc) is 2.31. The molecule has 0 saturated heterocycles. The van der Waals surface area contributed by atoms with Crippen LogP contribution in [0.5, 0.6) is 0 Å². The van der Waals surface area contributed by atoms with Crippen LogP contribution in [0, 0.1) is 20.8 Å². The second-order valence-corrected chi connectivity index (χ2v) is 6.93. The maximum absolute atomic E-state index is 2.37. The molecule has 0 spiro atoms. The highest BCUT2D eigenvalue weighted by molar-refractivity contribution is 5.64. The van der Waals surface area contributed by atoms with E-state index in [2.05, 4.69) is 83.6 Å². The second kappa shape index (κ2) is 5.05. The summed E-state index contributed by atoms with van der Waals surface area (Å²) in [5, 5.41) is 0. The van der Waals surface area contributed by atoms with Crippen molar-refractivity contribution in [2.24, 2.45) is 7.05 Å². The number of aryl methyl sites for hydroxylation is 4. The van der Waals surface area contributed by atoms with Gasteiger partial charge in [0.25, 0.3) is 0 Å². The third-order valence-electron chi connectivity index (χ3n) is 3.96. The molecule has 0 aliphatic rings. The smallest absolute Gasteiger partial charge is 0.201 e. The van der Waals surface area contributed by atoms with E-state index in [1.807, 2.05) is 0 Å². The Bertz CT molecular complexity index is 646. The fourth-order valence-corrected chi connectivity index (χ4v) is 2.88. The number of nitrogens with zero attached hydrogens (tertiary/aromatic N) is 1. The van der Waals surface area contributed by atoms with Gasteiger partial charge in [-0.15, -0.1) is 0 Å². The number of hydrogen-bond donors (Lipinski definition) is 0. The third kappa shape index (κ3) is 2.77. The van der Waals surface area contributed by atoms with Crippen LogP contribution in [0.2, 0.25) is 0 Å². The molecule has 1 heteroatoms. The molecule has 0 radical (unpaired) electrons. The molecule has 1 heterocycles. The van der Waals surface area contributed by atoms with Crippen LogP contribution in [0.4, 0.5) is 0 Å². The monoisotopic (exact) mass is 268 g/mol. The highest BCUT2D eigenvalue weighted by atomic mass is 14.9. The largest absolute Gasteiger partial charge is 0.212 e. The van der Waals surface area contributed by atoms with Crippen LogP contribution >= 0.6 is 0 Å². The third-order valence-corrected chi connectivity index (χ3v) is 3.96. The number of aromatic nitrogens is 1. The Labute approximate surface area is 123 Å². The Kier molecular flexibility index (Phi) is 3.73. The van der Waals surface area contributed by atoms with Gasteiger partial charge in [-0.05, 0) is 54.5 Å². The van der Waals surface area contributed by atoms with Crippen LogP contribution < -0.4 is 4.57 Å². The van der Waals surface area contributed by atoms with Crippen LogP contribution in [0.15, 0.2) is 30.5 Å². The van der Waals surface area contributed by atoms with Crippen molar-refractivity contribution in [3.63, 3.8) is 0 Å². The van der Waals surface area contributed by atoms with Crippen molar-refractivity contribution >= 4 is 0 Å². The van der Waals surface area contributed by atoms with Crippen LogP contribution in [0.25, 0.3) is 11.3 Å². The molecule has 0 bridgehead atoms. The van der Waals surface area contributed by atoms with Crippen molar-refractivity contribution in [1.29, 1.82) is 0 Å². The quantitative estimate of drug-likeness (QED) is 0.675. The molecule has 0 N–H and O–H groups in total. The summed E-state index contributed by atoms with van der Waals surface area (Å²) in [5.74, 6) is 0. The molecule has 0 amide bonds. The summed E-state index contributed by atoms with van der Waals surface area (Å²) in [6, 6.07) is 9.11. The summed E-state index contributed by atoms with van der Waals surface area (Å²) in [7, 11) is 2.12. The van der Waals surface area contributed by atoms with E-state index in [1.54, 1.807) is 0 Å². The van der Waals surface area contributed by atoms with Crippen molar-refractivity contribution in [3.05, 3.63) is 52.7 Å². The first kappa shape index (κ1) is 14.8. The predicted molar refractivity (Wildman–Crippen MR) is 86.0 cm³/mol. The minimum Gasteiger partial charge on any atom is -0.201 e. The van der Waals surface area contributed by atoms with E-state index < -0.39 is 0 Å². The van der Waals surface area contributed by atoms with Gasteiger partial charge in [-0.2, -0.15) is 0 Å². The highest BCUT2D eigenvalue weighted by Gasteiger charge is 2.21. The van der Waals surface area contributed by atoms with E-state index >= 15 is 0 Å². The Balaban J connectivity index is 2.71. The SMILES string of the molecule is Cc1cc[n+](C)c(-c2cc(C(C)(C)C)c(C)cc2C)c1. The lowest BCUT2D eigenvalue weighted by molar-refractivity contribution is -0.660. The van der Waals surface area contributed by atoms with Gasteiger partial charge in [-0.1, -0.05) is 26.8 Å². The molecule has 1 aromatic heterocycles. The van der Waals surface area contributed by atoms with Crippen molar-refractivity contribution in [3.8, 4) is 11.3 Å². The van der Waals surface area contributed by atoms with Gasteiger partial charge >= 0.3 is 0 Å². The van der Waals surface area contributed by atoms with Gasteiger partial charge in [-0.3, -0.25) is 0 Å². The minimum atomic E-state index is 0.176. The summed E-state index contributed by atoms with van der Waals surface area (Å²) in [6.45, 7) is 13.4. The molecule has 0 saturated carbocycles. The minimum absolute atomic E-state index is 0.176. The molecular formula is C19H26N+. The fourth-order valence-electron chi connectivity index (χ4n) is 2.88. The summed E-state index contributed by atoms with van der Waals surface area (Å²) < 4.78 is 2.21. The normalized spacial score (nSPS) is 11.8. The molecule has 2 rings (SSSR count). The molecule has 0 aliphatic heterocycles. The summed E-state index contributed by atoms with van der Waals surface area (Å²) in [6.07, 6.45) is 2.14. The maximum Gasteiger partial charge on any atom is 0.212 e. The Morgan fingerprint density at radius 1 is 0.900 bits per heavy atom. The highest BCUT2D eigenvalue weighted by Crippen LogP contribution is 2.31. The molecule has 0 atom stereocenters. The topological polar surface area (TPSA) is 3.88 Å². The molecule has 20 heavy (non-hydrogen) atoms. The van der Waals surface area contributed by atoms with Gasteiger partial charge in [0, 0.05) is 17.7 Å². The van der Waals surface area contributed by atoms with Gasteiger partial charge < -0.3 is 0 Å². The summed E-state index contributed by atoms with van der Waals surface area (Å²) in [5.41, 5.74) is 8.26. The van der Waals surface area contributed by atoms with E-state index in [0.717, 1.165) is 0 Å². The molecule has 0 aliphatic carbocycles. The lowest BCUT2D eigenvalue weighted by Crippen LogP contribution is -2.30.